The molecule has 0 saturated heterocycles. The van der Waals surface area contributed by atoms with Crippen molar-refractivity contribution in [1.29, 1.82) is 0 Å². The van der Waals surface area contributed by atoms with Crippen LogP contribution in [0.5, 0.6) is 17.2 Å². The van der Waals surface area contributed by atoms with E-state index in [1.54, 1.807) is 12.1 Å². The van der Waals surface area contributed by atoms with Crippen LogP contribution in [0.15, 0.2) is 36.4 Å². The summed E-state index contributed by atoms with van der Waals surface area (Å²) in [6.07, 6.45) is 2.12. The molecule has 0 radical (unpaired) electrons. The minimum Gasteiger partial charge on any atom is -0.508 e. The van der Waals surface area contributed by atoms with Crippen LogP contribution in [-0.2, 0) is 6.54 Å². The summed E-state index contributed by atoms with van der Waals surface area (Å²) in [5, 5.41) is 18.5. The number of fused-ring (bicyclic) bond motifs is 2. The van der Waals surface area contributed by atoms with E-state index in [2.05, 4.69) is 17.0 Å². The van der Waals surface area contributed by atoms with Gasteiger partial charge in [-0.15, -0.1) is 0 Å². The van der Waals surface area contributed by atoms with Gasteiger partial charge in [0.25, 0.3) is 0 Å². The van der Waals surface area contributed by atoms with E-state index in [-0.39, 0.29) is 12.4 Å². The zero-order valence-electron chi connectivity index (χ0n) is 13.2. The third-order valence-electron chi connectivity index (χ3n) is 4.36. The molecular weight excluding hydrogens is 306 g/mol. The normalized spacial score (nSPS) is 16.5. The van der Waals surface area contributed by atoms with Crippen LogP contribution in [0.2, 0.25) is 0 Å². The second-order valence-electron chi connectivity index (χ2n) is 6.05. The predicted octanol–water partition coefficient (Wildman–Crippen LogP) is 2.47. The van der Waals surface area contributed by atoms with E-state index in [4.69, 9.17) is 14.6 Å². The molecule has 0 amide bonds. The fraction of sp³-hybridized carbons (Fsp3) is 0.263. The Balaban J connectivity index is 1.66. The van der Waals surface area contributed by atoms with Crippen molar-refractivity contribution in [2.75, 3.05) is 26.5 Å². The number of β-amino-alcohol motifs (C(OH)–C–C–N with tert-alkyl or cyclic N) is 1. The van der Waals surface area contributed by atoms with Crippen molar-refractivity contribution >= 4 is 11.6 Å². The van der Waals surface area contributed by atoms with Crippen LogP contribution in [-0.4, -0.2) is 41.6 Å². The van der Waals surface area contributed by atoms with Gasteiger partial charge in [-0.3, -0.25) is 4.90 Å². The Kier molecular flexibility index (Phi) is 3.88. The summed E-state index contributed by atoms with van der Waals surface area (Å²) in [6.45, 7) is 2.46. The van der Waals surface area contributed by atoms with Crippen LogP contribution in [0.1, 0.15) is 16.7 Å². The molecular formula is C19H19NO4. The highest BCUT2D eigenvalue weighted by atomic mass is 16.5. The lowest BCUT2D eigenvalue weighted by atomic mass is 9.98. The van der Waals surface area contributed by atoms with Crippen molar-refractivity contribution < 1.29 is 19.7 Å². The second kappa shape index (κ2) is 6.19. The molecule has 2 aromatic rings. The number of ether oxygens (including phenoxy) is 2. The van der Waals surface area contributed by atoms with Crippen molar-refractivity contribution in [1.82, 2.24) is 4.90 Å². The van der Waals surface area contributed by atoms with E-state index in [9.17, 15) is 5.11 Å². The van der Waals surface area contributed by atoms with Crippen LogP contribution in [0, 0.1) is 0 Å². The molecule has 2 heterocycles. The van der Waals surface area contributed by atoms with Crippen LogP contribution < -0.4 is 9.47 Å². The molecule has 2 aliphatic rings. The SMILES string of the molecule is OCCN1COc2cc3c(cc2C1)C=C(c1ccc(O)cc1)CO3. The van der Waals surface area contributed by atoms with Crippen molar-refractivity contribution in [2.24, 2.45) is 0 Å². The van der Waals surface area contributed by atoms with Gasteiger partial charge in [0, 0.05) is 30.3 Å². The van der Waals surface area contributed by atoms with E-state index in [0.717, 1.165) is 40.3 Å². The van der Waals surface area contributed by atoms with Crippen molar-refractivity contribution in [3.8, 4) is 17.2 Å². The number of hydrogen-bond acceptors (Lipinski definition) is 5. The number of aliphatic hydroxyl groups excluding tert-OH is 1. The molecule has 0 aromatic heterocycles. The molecule has 0 atom stereocenters. The van der Waals surface area contributed by atoms with Gasteiger partial charge in [0.1, 0.15) is 30.6 Å². The lowest BCUT2D eigenvalue weighted by molar-refractivity contribution is 0.0768. The highest BCUT2D eigenvalue weighted by Gasteiger charge is 2.21. The predicted molar refractivity (Wildman–Crippen MR) is 90.9 cm³/mol. The fourth-order valence-electron chi connectivity index (χ4n) is 3.08. The molecule has 5 heteroatoms. The Labute approximate surface area is 140 Å². The number of benzene rings is 2. The first-order valence-electron chi connectivity index (χ1n) is 7.98. The molecule has 0 spiro atoms. The summed E-state index contributed by atoms with van der Waals surface area (Å²) in [4.78, 5) is 2.06. The summed E-state index contributed by atoms with van der Waals surface area (Å²) in [5.74, 6) is 1.93. The van der Waals surface area contributed by atoms with Gasteiger partial charge in [0.2, 0.25) is 0 Å². The first-order valence-corrected chi connectivity index (χ1v) is 7.98. The quantitative estimate of drug-likeness (QED) is 0.908. The second-order valence-corrected chi connectivity index (χ2v) is 6.05. The summed E-state index contributed by atoms with van der Waals surface area (Å²) in [5.41, 5.74) is 4.23. The van der Waals surface area contributed by atoms with Gasteiger partial charge in [0.15, 0.2) is 0 Å². The van der Waals surface area contributed by atoms with Crippen LogP contribution in [0.4, 0.5) is 0 Å². The van der Waals surface area contributed by atoms with Gasteiger partial charge in [-0.05, 0) is 35.4 Å². The number of aromatic hydroxyl groups is 1. The third kappa shape index (κ3) is 2.84. The lowest BCUT2D eigenvalue weighted by Crippen LogP contribution is -2.34. The van der Waals surface area contributed by atoms with Gasteiger partial charge in [-0.25, -0.2) is 0 Å². The van der Waals surface area contributed by atoms with E-state index in [1.807, 2.05) is 18.2 Å². The van der Waals surface area contributed by atoms with Crippen LogP contribution in [0.25, 0.3) is 11.6 Å². The van der Waals surface area contributed by atoms with Crippen LogP contribution in [0.3, 0.4) is 0 Å². The molecule has 4 rings (SSSR count). The Bertz CT molecular complexity index is 783. The Morgan fingerprint density at radius 2 is 1.88 bits per heavy atom. The Hall–Kier alpha value is -2.50. The molecule has 2 aromatic carbocycles. The monoisotopic (exact) mass is 325 g/mol. The molecule has 0 unspecified atom stereocenters. The average molecular weight is 325 g/mol. The summed E-state index contributed by atoms with van der Waals surface area (Å²) < 4.78 is 11.7. The van der Waals surface area contributed by atoms with E-state index >= 15 is 0 Å². The molecule has 0 aliphatic carbocycles. The molecule has 5 nitrogen and oxygen atoms in total. The zero-order chi connectivity index (χ0) is 16.5. The van der Waals surface area contributed by atoms with Crippen molar-refractivity contribution in [2.45, 2.75) is 6.54 Å². The molecule has 0 fully saturated rings. The molecule has 0 saturated carbocycles. The highest BCUT2D eigenvalue weighted by Crippen LogP contribution is 2.37. The fourth-order valence-corrected chi connectivity index (χ4v) is 3.08. The third-order valence-corrected chi connectivity index (χ3v) is 4.36. The topological polar surface area (TPSA) is 62.2 Å². The average Bonchev–Trinajstić information content (AvgIpc) is 2.60. The number of phenols is 1. The number of phenolic OH excluding ortho intramolecular Hbond substituents is 1. The molecule has 2 aliphatic heterocycles. The molecule has 124 valence electrons. The van der Waals surface area contributed by atoms with Gasteiger partial charge < -0.3 is 19.7 Å². The minimum absolute atomic E-state index is 0.123. The van der Waals surface area contributed by atoms with Crippen molar-refractivity contribution in [3.05, 3.63) is 53.1 Å². The van der Waals surface area contributed by atoms with Gasteiger partial charge >= 0.3 is 0 Å². The van der Waals surface area contributed by atoms with E-state index in [0.29, 0.717) is 19.9 Å². The van der Waals surface area contributed by atoms with Gasteiger partial charge in [-0.1, -0.05) is 12.1 Å². The molecule has 24 heavy (non-hydrogen) atoms. The van der Waals surface area contributed by atoms with E-state index in [1.165, 1.54) is 0 Å². The zero-order valence-corrected chi connectivity index (χ0v) is 13.2. The first kappa shape index (κ1) is 15.1. The summed E-state index contributed by atoms with van der Waals surface area (Å²) in [7, 11) is 0. The van der Waals surface area contributed by atoms with Gasteiger partial charge in [-0.2, -0.15) is 0 Å². The van der Waals surface area contributed by atoms with E-state index < -0.39 is 0 Å². The maximum Gasteiger partial charge on any atom is 0.142 e. The number of nitrogens with zero attached hydrogens (tertiary/aromatic N) is 1. The molecule has 0 bridgehead atoms. The standard InChI is InChI=1S/C19H19NO4/c21-6-5-20-10-15-7-14-8-16(13-1-3-17(22)4-2-13)11-23-18(14)9-19(15)24-12-20/h1-4,7-9,21-22H,5-6,10-12H2. The number of rotatable bonds is 3. The Morgan fingerprint density at radius 3 is 2.67 bits per heavy atom. The Morgan fingerprint density at radius 1 is 1.04 bits per heavy atom. The van der Waals surface area contributed by atoms with Crippen molar-refractivity contribution in [3.63, 3.8) is 0 Å². The first-order chi connectivity index (χ1) is 11.7. The maximum atomic E-state index is 9.43. The van der Waals surface area contributed by atoms with Crippen LogP contribution >= 0.6 is 0 Å². The summed E-state index contributed by atoms with van der Waals surface area (Å²) in [6, 6.07) is 11.2. The smallest absolute Gasteiger partial charge is 0.142 e. The van der Waals surface area contributed by atoms with Gasteiger partial charge in [0.05, 0.1) is 6.61 Å². The molecule has 2 N–H and O–H groups in total. The minimum atomic E-state index is 0.123. The number of aliphatic hydroxyl groups is 1. The summed E-state index contributed by atoms with van der Waals surface area (Å²) >= 11 is 0. The highest BCUT2D eigenvalue weighted by molar-refractivity contribution is 5.86. The number of hydrogen-bond donors (Lipinski definition) is 2. The largest absolute Gasteiger partial charge is 0.508 e. The maximum absolute atomic E-state index is 9.43. The lowest BCUT2D eigenvalue weighted by Gasteiger charge is -2.30.